The van der Waals surface area contributed by atoms with Gasteiger partial charge in [0.1, 0.15) is 5.82 Å². The van der Waals surface area contributed by atoms with E-state index in [-0.39, 0.29) is 0 Å². The molecule has 0 unspecified atom stereocenters. The van der Waals surface area contributed by atoms with Crippen molar-refractivity contribution in [1.29, 1.82) is 0 Å². The topological polar surface area (TPSA) is 37.8 Å². The van der Waals surface area contributed by atoms with E-state index >= 15 is 0 Å². The molecule has 3 nitrogen and oxygen atoms in total. The second kappa shape index (κ2) is 6.34. The highest BCUT2D eigenvalue weighted by atomic mass is 79.9. The average Bonchev–Trinajstić information content (AvgIpc) is 3.41. The predicted octanol–water partition coefficient (Wildman–Crippen LogP) is 5.84. The van der Waals surface area contributed by atoms with Crippen LogP contribution in [-0.2, 0) is 0 Å². The first-order valence-electron chi connectivity index (χ1n) is 8.06. The molecule has 0 aliphatic heterocycles. The summed E-state index contributed by atoms with van der Waals surface area (Å²) in [6, 6.07) is 6.24. The van der Waals surface area contributed by atoms with Gasteiger partial charge in [-0.15, -0.1) is 0 Å². The van der Waals surface area contributed by atoms with E-state index in [2.05, 4.69) is 50.3 Å². The summed E-state index contributed by atoms with van der Waals surface area (Å²) >= 11 is 10.2. The average molecular weight is 403 g/mol. The van der Waals surface area contributed by atoms with E-state index in [1.165, 1.54) is 18.4 Å². The van der Waals surface area contributed by atoms with Crippen molar-refractivity contribution in [2.75, 3.05) is 11.9 Å². The monoisotopic (exact) mass is 401 g/mol. The fourth-order valence-corrected chi connectivity index (χ4v) is 3.64. The molecule has 0 atom stereocenters. The van der Waals surface area contributed by atoms with E-state index in [0.717, 1.165) is 44.7 Å². The van der Waals surface area contributed by atoms with Crippen LogP contribution in [0.25, 0.3) is 21.9 Å². The molecule has 1 N–H and O–H groups in total. The van der Waals surface area contributed by atoms with Crippen LogP contribution in [0.4, 0.5) is 5.82 Å². The van der Waals surface area contributed by atoms with Crippen molar-refractivity contribution in [3.05, 3.63) is 51.8 Å². The van der Waals surface area contributed by atoms with Gasteiger partial charge in [-0.05, 0) is 76.3 Å². The number of benzene rings is 1. The molecule has 1 aliphatic carbocycles. The van der Waals surface area contributed by atoms with Crippen LogP contribution in [0.1, 0.15) is 18.4 Å². The Kier molecular flexibility index (Phi) is 4.19. The number of pyridine rings is 2. The van der Waals surface area contributed by atoms with E-state index < -0.39 is 0 Å². The van der Waals surface area contributed by atoms with Crippen LogP contribution in [0, 0.1) is 12.8 Å². The quantitative estimate of drug-likeness (QED) is 0.595. The number of aromatic nitrogens is 2. The second-order valence-corrected chi connectivity index (χ2v) is 7.53. The molecule has 0 bridgehead atoms. The molecule has 0 radical (unpaired) electrons. The molecule has 2 aromatic heterocycles. The van der Waals surface area contributed by atoms with Gasteiger partial charge >= 0.3 is 0 Å². The maximum Gasteiger partial charge on any atom is 0.126 e. The van der Waals surface area contributed by atoms with Gasteiger partial charge in [0.15, 0.2) is 0 Å². The van der Waals surface area contributed by atoms with E-state index in [1.807, 2.05) is 18.5 Å². The summed E-state index contributed by atoms with van der Waals surface area (Å²) in [7, 11) is 0. The Hall–Kier alpha value is -1.65. The Labute approximate surface area is 154 Å². The number of nitrogens with zero attached hydrogens (tertiary/aromatic N) is 2. The van der Waals surface area contributed by atoms with E-state index in [9.17, 15) is 0 Å². The lowest BCUT2D eigenvalue weighted by Crippen LogP contribution is -2.04. The molecule has 0 spiro atoms. The number of hydrogen-bond donors (Lipinski definition) is 1. The minimum Gasteiger partial charge on any atom is -0.370 e. The van der Waals surface area contributed by atoms with Crippen LogP contribution in [-0.4, -0.2) is 16.5 Å². The third-order valence-electron chi connectivity index (χ3n) is 4.50. The lowest BCUT2D eigenvalue weighted by molar-refractivity contribution is 0.883. The van der Waals surface area contributed by atoms with E-state index in [1.54, 1.807) is 6.20 Å². The first kappa shape index (κ1) is 15.9. The molecular formula is C19H17BrClN3. The van der Waals surface area contributed by atoms with Gasteiger partial charge in [-0.3, -0.25) is 4.98 Å². The Morgan fingerprint density at radius 1 is 1.25 bits per heavy atom. The lowest BCUT2D eigenvalue weighted by atomic mass is 10.00. The van der Waals surface area contributed by atoms with Crippen LogP contribution in [0.5, 0.6) is 0 Å². The minimum absolute atomic E-state index is 0.687. The van der Waals surface area contributed by atoms with Crippen molar-refractivity contribution >= 4 is 44.1 Å². The second-order valence-electron chi connectivity index (χ2n) is 6.36. The van der Waals surface area contributed by atoms with Gasteiger partial charge < -0.3 is 5.32 Å². The number of fused-ring (bicyclic) bond motifs is 1. The maximum absolute atomic E-state index is 6.60. The molecule has 2 heterocycles. The predicted molar refractivity (Wildman–Crippen MR) is 104 cm³/mol. The number of rotatable bonds is 4. The smallest absolute Gasteiger partial charge is 0.126 e. The molecule has 1 fully saturated rings. The van der Waals surface area contributed by atoms with Crippen molar-refractivity contribution in [2.24, 2.45) is 5.92 Å². The van der Waals surface area contributed by atoms with E-state index in [4.69, 9.17) is 11.6 Å². The highest BCUT2D eigenvalue weighted by molar-refractivity contribution is 9.10. The molecular weight excluding hydrogens is 386 g/mol. The molecule has 3 aromatic rings. The Bertz CT molecular complexity index is 922. The molecule has 24 heavy (non-hydrogen) atoms. The van der Waals surface area contributed by atoms with Crippen LogP contribution < -0.4 is 5.32 Å². The molecule has 1 aromatic carbocycles. The zero-order chi connectivity index (χ0) is 16.7. The van der Waals surface area contributed by atoms with Gasteiger partial charge in [-0.1, -0.05) is 11.6 Å². The summed E-state index contributed by atoms with van der Waals surface area (Å²) in [6.07, 6.45) is 8.18. The zero-order valence-corrected chi connectivity index (χ0v) is 15.7. The summed E-state index contributed by atoms with van der Waals surface area (Å²) in [5.41, 5.74) is 3.30. The summed E-state index contributed by atoms with van der Waals surface area (Å²) < 4.78 is 0.883. The lowest BCUT2D eigenvalue weighted by Gasteiger charge is -2.13. The highest BCUT2D eigenvalue weighted by Crippen LogP contribution is 2.40. The number of halogens is 2. The first-order chi connectivity index (χ1) is 11.6. The molecule has 0 saturated heterocycles. The normalized spacial score (nSPS) is 14.1. The Morgan fingerprint density at radius 3 is 2.83 bits per heavy atom. The summed E-state index contributed by atoms with van der Waals surface area (Å²) in [5, 5.41) is 6.14. The van der Waals surface area contributed by atoms with Crippen LogP contribution in [0.3, 0.4) is 0 Å². The fourth-order valence-electron chi connectivity index (χ4n) is 2.84. The largest absolute Gasteiger partial charge is 0.370 e. The van der Waals surface area contributed by atoms with Crippen molar-refractivity contribution in [1.82, 2.24) is 9.97 Å². The highest BCUT2D eigenvalue weighted by Gasteiger charge is 2.21. The molecule has 1 aliphatic rings. The van der Waals surface area contributed by atoms with Crippen molar-refractivity contribution in [2.45, 2.75) is 19.8 Å². The standard InChI is InChI=1S/C19H17BrClN3/c1-11-4-5-22-9-15(11)14-6-13-7-17(23-8-12-2-3-12)24-10-16(13)19(21)18(14)20/h4-7,9-10,12H,2-3,8H2,1H3,(H,23,24). The summed E-state index contributed by atoms with van der Waals surface area (Å²) in [4.78, 5) is 8.76. The van der Waals surface area contributed by atoms with Crippen molar-refractivity contribution in [3.63, 3.8) is 0 Å². The van der Waals surface area contributed by atoms with Gasteiger partial charge in [-0.25, -0.2) is 4.98 Å². The fraction of sp³-hybridized carbons (Fsp3) is 0.263. The number of anilines is 1. The Balaban J connectivity index is 1.81. The number of hydrogen-bond acceptors (Lipinski definition) is 3. The van der Waals surface area contributed by atoms with Crippen LogP contribution in [0.15, 0.2) is 41.3 Å². The Morgan fingerprint density at radius 2 is 2.08 bits per heavy atom. The summed E-state index contributed by atoms with van der Waals surface area (Å²) in [5.74, 6) is 1.71. The van der Waals surface area contributed by atoms with Crippen LogP contribution in [0.2, 0.25) is 5.02 Å². The van der Waals surface area contributed by atoms with E-state index in [0.29, 0.717) is 5.02 Å². The van der Waals surface area contributed by atoms with Gasteiger partial charge in [0.05, 0.1) is 5.02 Å². The molecule has 4 rings (SSSR count). The molecule has 1 saturated carbocycles. The number of nitrogens with one attached hydrogen (secondary N) is 1. The van der Waals surface area contributed by atoms with Gasteiger partial charge in [0.25, 0.3) is 0 Å². The maximum atomic E-state index is 6.60. The summed E-state index contributed by atoms with van der Waals surface area (Å²) in [6.45, 7) is 3.08. The zero-order valence-electron chi connectivity index (χ0n) is 13.3. The minimum atomic E-state index is 0.687. The van der Waals surface area contributed by atoms with Crippen molar-refractivity contribution < 1.29 is 0 Å². The SMILES string of the molecule is Cc1ccncc1-c1cc2cc(NCC3CC3)ncc2c(Cl)c1Br. The van der Waals surface area contributed by atoms with Crippen LogP contribution >= 0.6 is 27.5 Å². The molecule has 122 valence electrons. The van der Waals surface area contributed by atoms with Crippen molar-refractivity contribution in [3.8, 4) is 11.1 Å². The van der Waals surface area contributed by atoms with Gasteiger partial charge in [0, 0.05) is 40.6 Å². The third-order valence-corrected chi connectivity index (χ3v) is 5.94. The number of aryl methyl sites for hydroxylation is 1. The van der Waals surface area contributed by atoms with Gasteiger partial charge in [0.2, 0.25) is 0 Å². The molecule has 0 amide bonds. The third kappa shape index (κ3) is 3.01. The first-order valence-corrected chi connectivity index (χ1v) is 9.23. The molecule has 5 heteroatoms. The van der Waals surface area contributed by atoms with Gasteiger partial charge in [-0.2, -0.15) is 0 Å².